The number of nitrogens with zero attached hydrogens (tertiary/aromatic N) is 5. The van der Waals surface area contributed by atoms with Gasteiger partial charge in [0.25, 0.3) is 0 Å². The molecule has 0 radical (unpaired) electrons. The molecule has 8 nitrogen and oxygen atoms in total. The monoisotopic (exact) mass is 346 g/mol. The molecule has 1 aliphatic rings. The zero-order valence-electron chi connectivity index (χ0n) is 15.3. The van der Waals surface area contributed by atoms with Crippen molar-refractivity contribution in [2.45, 2.75) is 45.3 Å². The third kappa shape index (κ3) is 3.62. The first-order valence-corrected chi connectivity index (χ1v) is 8.55. The Morgan fingerprint density at radius 1 is 1.32 bits per heavy atom. The van der Waals surface area contributed by atoms with Crippen molar-refractivity contribution in [3.63, 3.8) is 0 Å². The van der Waals surface area contributed by atoms with Crippen LogP contribution in [0.15, 0.2) is 18.5 Å². The standard InChI is InChI=1S/C17H26N6O2/c1-17(2,3)25-16(24)21(4)12-7-9-22(10-8-12)14-6-5-13-15(18)19-11-20-23(13)14/h5-6,11-12H,7-10H2,1-4H3,(H2,18,19,20). The maximum atomic E-state index is 12.2. The molecule has 8 heteroatoms. The van der Waals surface area contributed by atoms with Gasteiger partial charge in [0.15, 0.2) is 5.82 Å². The number of piperidine rings is 1. The minimum atomic E-state index is -0.476. The van der Waals surface area contributed by atoms with Crippen molar-refractivity contribution >= 4 is 23.2 Å². The predicted octanol–water partition coefficient (Wildman–Crippen LogP) is 2.15. The predicted molar refractivity (Wildman–Crippen MR) is 96.6 cm³/mol. The first kappa shape index (κ1) is 17.3. The van der Waals surface area contributed by atoms with Crippen LogP contribution in [0.3, 0.4) is 0 Å². The van der Waals surface area contributed by atoms with Crippen LogP contribution in [-0.2, 0) is 4.74 Å². The molecular formula is C17H26N6O2. The highest BCUT2D eigenvalue weighted by atomic mass is 16.6. The van der Waals surface area contributed by atoms with Gasteiger partial charge in [0.2, 0.25) is 0 Å². The molecule has 1 aliphatic heterocycles. The summed E-state index contributed by atoms with van der Waals surface area (Å²) in [6.45, 7) is 7.33. The fourth-order valence-corrected chi connectivity index (χ4v) is 3.14. The van der Waals surface area contributed by atoms with Gasteiger partial charge in [0, 0.05) is 26.2 Å². The molecule has 3 rings (SSSR count). The van der Waals surface area contributed by atoms with Crippen LogP contribution in [0.25, 0.3) is 5.52 Å². The first-order valence-electron chi connectivity index (χ1n) is 8.55. The molecule has 0 unspecified atom stereocenters. The summed E-state index contributed by atoms with van der Waals surface area (Å²) in [5.41, 5.74) is 6.23. The Kier molecular flexibility index (Phi) is 4.45. The molecule has 0 spiro atoms. The highest BCUT2D eigenvalue weighted by Gasteiger charge is 2.29. The molecule has 0 bridgehead atoms. The molecule has 1 amide bonds. The normalized spacial score (nSPS) is 16.2. The van der Waals surface area contributed by atoms with E-state index in [4.69, 9.17) is 10.5 Å². The van der Waals surface area contributed by atoms with Gasteiger partial charge < -0.3 is 20.3 Å². The van der Waals surface area contributed by atoms with Crippen LogP contribution >= 0.6 is 0 Å². The lowest BCUT2D eigenvalue weighted by molar-refractivity contribution is 0.0200. The molecule has 136 valence electrons. The van der Waals surface area contributed by atoms with Crippen molar-refractivity contribution in [3.05, 3.63) is 18.5 Å². The Morgan fingerprint density at radius 2 is 2.00 bits per heavy atom. The van der Waals surface area contributed by atoms with Gasteiger partial charge in [-0.15, -0.1) is 0 Å². The van der Waals surface area contributed by atoms with Gasteiger partial charge in [-0.25, -0.2) is 14.3 Å². The number of rotatable bonds is 2. The van der Waals surface area contributed by atoms with Crippen LogP contribution < -0.4 is 10.6 Å². The molecule has 1 fully saturated rings. The van der Waals surface area contributed by atoms with Crippen LogP contribution in [0.5, 0.6) is 0 Å². The average Bonchev–Trinajstić information content (AvgIpc) is 2.98. The quantitative estimate of drug-likeness (QED) is 0.896. The Bertz CT molecular complexity index is 758. The van der Waals surface area contributed by atoms with E-state index >= 15 is 0 Å². The summed E-state index contributed by atoms with van der Waals surface area (Å²) in [5.74, 6) is 1.48. The van der Waals surface area contributed by atoms with Crippen molar-refractivity contribution in [1.29, 1.82) is 0 Å². The van der Waals surface area contributed by atoms with E-state index in [1.54, 1.807) is 4.90 Å². The number of nitrogens with two attached hydrogens (primary N) is 1. The van der Waals surface area contributed by atoms with Gasteiger partial charge in [0.05, 0.1) is 0 Å². The Balaban J connectivity index is 1.65. The van der Waals surface area contributed by atoms with Crippen LogP contribution in [0, 0.1) is 0 Å². The van der Waals surface area contributed by atoms with Gasteiger partial charge in [-0.3, -0.25) is 0 Å². The summed E-state index contributed by atoms with van der Waals surface area (Å²) in [4.78, 5) is 20.2. The summed E-state index contributed by atoms with van der Waals surface area (Å²) in [6, 6.07) is 4.12. The number of anilines is 2. The van der Waals surface area contributed by atoms with E-state index in [-0.39, 0.29) is 12.1 Å². The van der Waals surface area contributed by atoms with E-state index in [0.29, 0.717) is 5.82 Å². The lowest BCUT2D eigenvalue weighted by Crippen LogP contribution is -2.47. The minimum absolute atomic E-state index is 0.178. The van der Waals surface area contributed by atoms with E-state index in [2.05, 4.69) is 15.0 Å². The highest BCUT2D eigenvalue weighted by molar-refractivity contribution is 5.70. The second-order valence-electron chi connectivity index (χ2n) is 7.44. The number of ether oxygens (including phenoxy) is 1. The van der Waals surface area contributed by atoms with E-state index in [0.717, 1.165) is 37.3 Å². The maximum Gasteiger partial charge on any atom is 0.410 e. The molecule has 2 aromatic rings. The van der Waals surface area contributed by atoms with Crippen LogP contribution in [-0.4, -0.2) is 57.4 Å². The largest absolute Gasteiger partial charge is 0.444 e. The van der Waals surface area contributed by atoms with Crippen molar-refractivity contribution in [3.8, 4) is 0 Å². The van der Waals surface area contributed by atoms with Gasteiger partial charge in [-0.05, 0) is 45.7 Å². The number of hydrogen-bond donors (Lipinski definition) is 1. The zero-order valence-corrected chi connectivity index (χ0v) is 15.3. The van der Waals surface area contributed by atoms with Crippen LogP contribution in [0.4, 0.5) is 16.4 Å². The molecule has 1 saturated heterocycles. The summed E-state index contributed by atoms with van der Waals surface area (Å²) < 4.78 is 7.28. The number of aromatic nitrogens is 3. The van der Waals surface area contributed by atoms with Gasteiger partial charge >= 0.3 is 6.09 Å². The minimum Gasteiger partial charge on any atom is -0.444 e. The molecule has 25 heavy (non-hydrogen) atoms. The number of carbonyl (C=O) groups excluding carboxylic acids is 1. The molecule has 2 aromatic heterocycles. The summed E-state index contributed by atoms with van der Waals surface area (Å²) in [6.07, 6.45) is 2.96. The topological polar surface area (TPSA) is 89.0 Å². The van der Waals surface area contributed by atoms with Crippen LogP contribution in [0.2, 0.25) is 0 Å². The number of nitrogen functional groups attached to an aromatic ring is 1. The summed E-state index contributed by atoms with van der Waals surface area (Å²) in [7, 11) is 1.81. The fraction of sp³-hybridized carbons (Fsp3) is 0.588. The molecular weight excluding hydrogens is 320 g/mol. The fourth-order valence-electron chi connectivity index (χ4n) is 3.14. The number of carbonyl (C=O) groups is 1. The van der Waals surface area contributed by atoms with E-state index in [9.17, 15) is 4.79 Å². The van der Waals surface area contributed by atoms with E-state index in [1.807, 2.05) is 44.5 Å². The molecule has 0 aliphatic carbocycles. The smallest absolute Gasteiger partial charge is 0.410 e. The van der Waals surface area contributed by atoms with Crippen molar-refractivity contribution in [2.24, 2.45) is 0 Å². The lowest BCUT2D eigenvalue weighted by Gasteiger charge is -2.37. The second-order valence-corrected chi connectivity index (χ2v) is 7.44. The zero-order chi connectivity index (χ0) is 18.2. The number of hydrogen-bond acceptors (Lipinski definition) is 6. The first-order chi connectivity index (χ1) is 11.8. The molecule has 0 aromatic carbocycles. The van der Waals surface area contributed by atoms with Crippen molar-refractivity contribution < 1.29 is 9.53 Å². The third-order valence-corrected chi connectivity index (χ3v) is 4.48. The number of amides is 1. The van der Waals surface area contributed by atoms with Gasteiger partial charge in [-0.2, -0.15) is 5.10 Å². The van der Waals surface area contributed by atoms with Crippen LogP contribution in [0.1, 0.15) is 33.6 Å². The molecule has 0 atom stereocenters. The van der Waals surface area contributed by atoms with Gasteiger partial charge in [-0.1, -0.05) is 0 Å². The number of fused-ring (bicyclic) bond motifs is 1. The van der Waals surface area contributed by atoms with E-state index < -0.39 is 5.60 Å². The molecule has 2 N–H and O–H groups in total. The summed E-state index contributed by atoms with van der Waals surface area (Å²) >= 11 is 0. The highest BCUT2D eigenvalue weighted by Crippen LogP contribution is 2.25. The maximum absolute atomic E-state index is 12.2. The third-order valence-electron chi connectivity index (χ3n) is 4.48. The molecule has 0 saturated carbocycles. The van der Waals surface area contributed by atoms with Gasteiger partial charge in [0.1, 0.15) is 23.3 Å². The van der Waals surface area contributed by atoms with E-state index in [1.165, 1.54) is 6.33 Å². The second kappa shape index (κ2) is 6.42. The Labute approximate surface area is 147 Å². The summed E-state index contributed by atoms with van der Waals surface area (Å²) in [5, 5.41) is 4.30. The molecule has 3 heterocycles. The van der Waals surface area contributed by atoms with Crippen molar-refractivity contribution in [2.75, 3.05) is 30.8 Å². The Morgan fingerprint density at radius 3 is 2.64 bits per heavy atom. The van der Waals surface area contributed by atoms with Crippen molar-refractivity contribution in [1.82, 2.24) is 19.5 Å². The lowest BCUT2D eigenvalue weighted by atomic mass is 10.0. The SMILES string of the molecule is CN(C(=O)OC(C)(C)C)C1CCN(c2ccc3c(N)ncnn23)CC1. The Hall–Kier alpha value is -2.51. The average molecular weight is 346 g/mol.